The lowest BCUT2D eigenvalue weighted by Gasteiger charge is -2.29. The van der Waals surface area contributed by atoms with Crippen molar-refractivity contribution in [2.45, 2.75) is 44.2 Å². The molecule has 2 heterocycles. The van der Waals surface area contributed by atoms with Crippen LogP contribution in [0.25, 0.3) is 0 Å². The molecule has 1 aromatic rings. The van der Waals surface area contributed by atoms with E-state index in [0.717, 1.165) is 24.9 Å². The molecule has 1 atom stereocenters. The van der Waals surface area contributed by atoms with Gasteiger partial charge in [-0.25, -0.2) is 8.42 Å². The predicted octanol–water partition coefficient (Wildman–Crippen LogP) is 1.61. The maximum Gasteiger partial charge on any atom is 0.254 e. The van der Waals surface area contributed by atoms with Crippen LogP contribution < -0.4 is 4.90 Å². The molecule has 134 valence electrons. The first-order chi connectivity index (χ1) is 11.9. The largest absolute Gasteiger partial charge is 0.332 e. The summed E-state index contributed by atoms with van der Waals surface area (Å²) < 4.78 is 23.7. The lowest BCUT2D eigenvalue weighted by Crippen LogP contribution is -2.42. The van der Waals surface area contributed by atoms with Crippen LogP contribution in [-0.4, -0.2) is 55.3 Å². The minimum absolute atomic E-state index is 0.0690. The van der Waals surface area contributed by atoms with Crippen molar-refractivity contribution in [3.05, 3.63) is 29.8 Å². The summed E-state index contributed by atoms with van der Waals surface area (Å²) in [6, 6.07) is 7.10. The normalized spacial score (nSPS) is 25.4. The molecule has 2 saturated heterocycles. The van der Waals surface area contributed by atoms with Crippen molar-refractivity contribution >= 4 is 27.3 Å². The van der Waals surface area contributed by atoms with Gasteiger partial charge in [0.05, 0.1) is 11.5 Å². The Morgan fingerprint density at radius 1 is 1.16 bits per heavy atom. The van der Waals surface area contributed by atoms with Gasteiger partial charge in [0, 0.05) is 36.3 Å². The molecular weight excluding hydrogens is 340 g/mol. The lowest BCUT2D eigenvalue weighted by atomic mass is 10.1. The van der Waals surface area contributed by atoms with Gasteiger partial charge in [0.1, 0.15) is 0 Å². The number of sulfone groups is 1. The fourth-order valence-corrected chi connectivity index (χ4v) is 5.57. The summed E-state index contributed by atoms with van der Waals surface area (Å²) >= 11 is 0. The van der Waals surface area contributed by atoms with Crippen LogP contribution in [0.5, 0.6) is 0 Å². The van der Waals surface area contributed by atoms with Crippen LogP contribution in [0.4, 0.5) is 5.69 Å². The molecule has 0 N–H and O–H groups in total. The van der Waals surface area contributed by atoms with Crippen LogP contribution >= 0.6 is 0 Å². The van der Waals surface area contributed by atoms with Crippen LogP contribution in [0.15, 0.2) is 24.3 Å². The molecule has 6 nitrogen and oxygen atoms in total. The molecule has 4 rings (SSSR count). The SMILES string of the molecule is O=C1CCCN1c1cccc(C(=O)N(C2CC2)C2CCS(=O)(=O)C2)c1. The highest BCUT2D eigenvalue weighted by atomic mass is 32.2. The topological polar surface area (TPSA) is 74.8 Å². The molecule has 3 fully saturated rings. The Bertz CT molecular complexity index is 816. The molecule has 0 bridgehead atoms. The van der Waals surface area contributed by atoms with Gasteiger partial charge in [0.25, 0.3) is 5.91 Å². The van der Waals surface area contributed by atoms with Crippen molar-refractivity contribution in [2.24, 2.45) is 0 Å². The van der Waals surface area contributed by atoms with E-state index < -0.39 is 9.84 Å². The van der Waals surface area contributed by atoms with E-state index in [1.165, 1.54) is 0 Å². The highest BCUT2D eigenvalue weighted by molar-refractivity contribution is 7.91. The molecule has 2 aliphatic heterocycles. The first kappa shape index (κ1) is 16.6. The molecule has 25 heavy (non-hydrogen) atoms. The third-order valence-corrected chi connectivity index (χ3v) is 7.01. The average Bonchev–Trinajstić information content (AvgIpc) is 3.22. The molecule has 7 heteroatoms. The Labute approximate surface area is 147 Å². The Morgan fingerprint density at radius 2 is 1.96 bits per heavy atom. The number of carbonyl (C=O) groups excluding carboxylic acids is 2. The molecule has 0 radical (unpaired) electrons. The number of hydrogen-bond donors (Lipinski definition) is 0. The van der Waals surface area contributed by atoms with Crippen molar-refractivity contribution in [3.63, 3.8) is 0 Å². The van der Waals surface area contributed by atoms with Crippen molar-refractivity contribution in [2.75, 3.05) is 23.0 Å². The van der Waals surface area contributed by atoms with Gasteiger partial charge in [-0.05, 0) is 43.9 Å². The molecule has 1 aromatic carbocycles. The summed E-state index contributed by atoms with van der Waals surface area (Å²) in [6.45, 7) is 0.684. The van der Waals surface area contributed by atoms with Crippen LogP contribution in [0.1, 0.15) is 42.5 Å². The first-order valence-corrected chi connectivity index (χ1v) is 10.7. The van der Waals surface area contributed by atoms with Gasteiger partial charge in [-0.3, -0.25) is 9.59 Å². The number of amides is 2. The minimum Gasteiger partial charge on any atom is -0.332 e. The molecule has 0 aromatic heterocycles. The first-order valence-electron chi connectivity index (χ1n) is 8.88. The number of nitrogens with zero attached hydrogens (tertiary/aromatic N) is 2. The summed E-state index contributed by atoms with van der Waals surface area (Å²) in [5.41, 5.74) is 1.29. The maximum absolute atomic E-state index is 13.1. The zero-order valence-corrected chi connectivity index (χ0v) is 14.9. The Hall–Kier alpha value is -1.89. The van der Waals surface area contributed by atoms with E-state index in [4.69, 9.17) is 0 Å². The van der Waals surface area contributed by atoms with Gasteiger partial charge in [-0.15, -0.1) is 0 Å². The monoisotopic (exact) mass is 362 g/mol. The fourth-order valence-electron chi connectivity index (χ4n) is 3.85. The standard InChI is InChI=1S/C18H22N2O4S/c21-17-5-2-9-19(17)15-4-1-3-13(11-15)18(22)20(14-6-7-14)16-8-10-25(23,24)12-16/h1,3-4,11,14,16H,2,5-10,12H2. The van der Waals surface area contributed by atoms with E-state index in [1.807, 2.05) is 6.07 Å². The highest BCUT2D eigenvalue weighted by Gasteiger charge is 2.42. The predicted molar refractivity (Wildman–Crippen MR) is 94.3 cm³/mol. The highest BCUT2D eigenvalue weighted by Crippen LogP contribution is 2.34. The summed E-state index contributed by atoms with van der Waals surface area (Å²) in [5.74, 6) is 0.208. The van der Waals surface area contributed by atoms with Gasteiger partial charge in [0.15, 0.2) is 9.84 Å². The van der Waals surface area contributed by atoms with Gasteiger partial charge < -0.3 is 9.80 Å². The summed E-state index contributed by atoms with van der Waals surface area (Å²) in [5, 5.41) is 0. The van der Waals surface area contributed by atoms with E-state index in [-0.39, 0.29) is 35.4 Å². The lowest BCUT2D eigenvalue weighted by molar-refractivity contribution is -0.117. The van der Waals surface area contributed by atoms with Crippen molar-refractivity contribution in [1.82, 2.24) is 4.90 Å². The molecule has 0 spiro atoms. The third-order valence-electron chi connectivity index (χ3n) is 5.25. The number of carbonyl (C=O) groups is 2. The molecule has 1 aliphatic carbocycles. The minimum atomic E-state index is -3.04. The zero-order valence-electron chi connectivity index (χ0n) is 14.1. The maximum atomic E-state index is 13.1. The summed E-state index contributed by atoms with van der Waals surface area (Å²) in [4.78, 5) is 28.6. The van der Waals surface area contributed by atoms with E-state index >= 15 is 0 Å². The molecular formula is C18H22N2O4S. The van der Waals surface area contributed by atoms with Crippen LogP contribution in [0, 0.1) is 0 Å². The number of hydrogen-bond acceptors (Lipinski definition) is 4. The zero-order chi connectivity index (χ0) is 17.6. The van der Waals surface area contributed by atoms with Crippen LogP contribution in [-0.2, 0) is 14.6 Å². The second-order valence-electron chi connectivity index (χ2n) is 7.20. The van der Waals surface area contributed by atoms with Crippen LogP contribution in [0.2, 0.25) is 0 Å². The smallest absolute Gasteiger partial charge is 0.254 e. The molecule has 2 amide bonds. The quantitative estimate of drug-likeness (QED) is 0.815. The second kappa shape index (κ2) is 6.12. The van der Waals surface area contributed by atoms with E-state index in [0.29, 0.717) is 24.9 Å². The van der Waals surface area contributed by atoms with E-state index in [2.05, 4.69) is 0 Å². The van der Waals surface area contributed by atoms with Crippen LogP contribution in [0.3, 0.4) is 0 Å². The van der Waals surface area contributed by atoms with Crippen molar-refractivity contribution < 1.29 is 18.0 Å². The second-order valence-corrected chi connectivity index (χ2v) is 9.43. The Kier molecular flexibility index (Phi) is 4.06. The molecule has 3 aliphatic rings. The number of anilines is 1. The van der Waals surface area contributed by atoms with Gasteiger partial charge in [-0.2, -0.15) is 0 Å². The van der Waals surface area contributed by atoms with Gasteiger partial charge >= 0.3 is 0 Å². The van der Waals surface area contributed by atoms with Gasteiger partial charge in [-0.1, -0.05) is 6.07 Å². The van der Waals surface area contributed by atoms with Gasteiger partial charge in [0.2, 0.25) is 5.91 Å². The summed E-state index contributed by atoms with van der Waals surface area (Å²) in [7, 11) is -3.04. The number of rotatable bonds is 4. The fraction of sp³-hybridized carbons (Fsp3) is 0.556. The average molecular weight is 362 g/mol. The van der Waals surface area contributed by atoms with E-state index in [1.54, 1.807) is 28.0 Å². The molecule has 1 unspecified atom stereocenters. The Balaban J connectivity index is 1.59. The Morgan fingerprint density at radius 3 is 2.56 bits per heavy atom. The van der Waals surface area contributed by atoms with Crippen molar-refractivity contribution in [1.29, 1.82) is 0 Å². The summed E-state index contributed by atoms with van der Waals surface area (Å²) in [6.07, 6.45) is 3.78. The number of benzene rings is 1. The van der Waals surface area contributed by atoms with Crippen molar-refractivity contribution in [3.8, 4) is 0 Å². The molecule has 1 saturated carbocycles. The van der Waals surface area contributed by atoms with E-state index in [9.17, 15) is 18.0 Å². The third kappa shape index (κ3) is 3.29.